The molecule has 48 heavy (non-hydrogen) atoms. The van der Waals surface area contributed by atoms with Crippen molar-refractivity contribution >= 4 is 35.6 Å². The molecule has 11 heteroatoms. The number of carbonyl (C=O) groups is 2. The number of amides is 2. The summed E-state index contributed by atoms with van der Waals surface area (Å²) in [5.41, 5.74) is 2.32. The molecule has 2 aliphatic heterocycles. The smallest absolute Gasteiger partial charge is 0.465 e. The number of piperidine rings is 1. The summed E-state index contributed by atoms with van der Waals surface area (Å²) < 4.78 is 20.1. The Labute approximate surface area is 285 Å². The average molecular weight is 661 g/mol. The second kappa shape index (κ2) is 14.2. The van der Waals surface area contributed by atoms with Gasteiger partial charge in [-0.1, -0.05) is 36.4 Å². The Kier molecular flexibility index (Phi) is 10.6. The Morgan fingerprint density at radius 2 is 1.75 bits per heavy atom. The van der Waals surface area contributed by atoms with E-state index >= 15 is 0 Å². The van der Waals surface area contributed by atoms with Crippen molar-refractivity contribution in [3.63, 3.8) is 0 Å². The molecule has 5 rings (SSSR count). The highest BCUT2D eigenvalue weighted by Gasteiger charge is 2.51. The third-order valence-electron chi connectivity index (χ3n) is 10.2. The van der Waals surface area contributed by atoms with Crippen LogP contribution in [0.25, 0.3) is 11.0 Å². The summed E-state index contributed by atoms with van der Waals surface area (Å²) in [6.45, 7) is 16.4. The first-order valence-corrected chi connectivity index (χ1v) is 17.3. The van der Waals surface area contributed by atoms with Crippen LogP contribution in [-0.4, -0.2) is 93.2 Å². The van der Waals surface area contributed by atoms with Gasteiger partial charge in [-0.05, 0) is 97.3 Å². The predicted molar refractivity (Wildman–Crippen MR) is 189 cm³/mol. The predicted octanol–water partition coefficient (Wildman–Crippen LogP) is 5.86. The van der Waals surface area contributed by atoms with Crippen molar-refractivity contribution in [1.82, 2.24) is 19.4 Å². The summed E-state index contributed by atoms with van der Waals surface area (Å²) in [5.74, 6) is 1.07. The van der Waals surface area contributed by atoms with E-state index < -0.39 is 36.0 Å². The monoisotopic (exact) mass is 660 g/mol. The molecule has 1 aromatic heterocycles. The van der Waals surface area contributed by atoms with Gasteiger partial charge in [0.25, 0.3) is 0 Å². The van der Waals surface area contributed by atoms with E-state index in [9.17, 15) is 14.7 Å². The fraction of sp³-hybridized carbons (Fsp3) is 0.595. The molecule has 2 aliphatic rings. The number of aryl methyl sites for hydroxylation is 1. The zero-order chi connectivity index (χ0) is 34.9. The number of aromatic nitrogens is 2. The maximum Gasteiger partial charge on any atom is 0.494 e. The van der Waals surface area contributed by atoms with Gasteiger partial charge in [0.2, 0.25) is 5.91 Å². The van der Waals surface area contributed by atoms with Crippen LogP contribution in [0.2, 0.25) is 0 Å². The Hall–Kier alpha value is -3.41. The van der Waals surface area contributed by atoms with E-state index in [1.54, 1.807) is 7.11 Å². The van der Waals surface area contributed by atoms with Crippen molar-refractivity contribution in [2.45, 2.75) is 116 Å². The lowest BCUT2D eigenvalue weighted by molar-refractivity contribution is -0.134. The lowest BCUT2D eigenvalue weighted by atomic mass is 9.78. The normalized spacial score (nSPS) is 19.9. The number of carbonyl (C=O) groups excluding carboxylic acids is 1. The molecule has 2 unspecified atom stereocenters. The van der Waals surface area contributed by atoms with E-state index in [1.807, 2.05) is 95.8 Å². The van der Waals surface area contributed by atoms with Gasteiger partial charge >= 0.3 is 13.2 Å². The van der Waals surface area contributed by atoms with Crippen molar-refractivity contribution < 1.29 is 28.7 Å². The third-order valence-corrected chi connectivity index (χ3v) is 10.2. The van der Waals surface area contributed by atoms with Gasteiger partial charge in [-0.15, -0.1) is 0 Å². The average Bonchev–Trinajstić information content (AvgIpc) is 3.49. The molecule has 0 saturated carbocycles. The van der Waals surface area contributed by atoms with E-state index in [-0.39, 0.29) is 18.2 Å². The number of rotatable bonds is 11. The largest absolute Gasteiger partial charge is 0.494 e. The Morgan fingerprint density at radius 3 is 2.38 bits per heavy atom. The van der Waals surface area contributed by atoms with Crippen molar-refractivity contribution in [1.29, 1.82) is 0 Å². The van der Waals surface area contributed by atoms with Crippen LogP contribution in [0.15, 0.2) is 48.5 Å². The first-order chi connectivity index (χ1) is 22.6. The lowest BCUT2D eigenvalue weighted by Crippen LogP contribution is -2.54. The van der Waals surface area contributed by atoms with Crippen LogP contribution < -0.4 is 5.46 Å². The van der Waals surface area contributed by atoms with E-state index in [4.69, 9.17) is 19.0 Å². The summed E-state index contributed by atoms with van der Waals surface area (Å²) in [4.78, 5) is 35.2. The maximum absolute atomic E-state index is 14.1. The third kappa shape index (κ3) is 7.74. The number of hydrogen-bond donors (Lipinski definition) is 1. The molecular formula is C37H53BN4O6. The molecule has 260 valence electrons. The van der Waals surface area contributed by atoms with Gasteiger partial charge in [0.15, 0.2) is 0 Å². The number of para-hydroxylation sites is 2. The quantitative estimate of drug-likeness (QED) is 0.203. The molecular weight excluding hydrogens is 607 g/mol. The number of benzene rings is 2. The molecule has 0 aliphatic carbocycles. The number of carboxylic acid groups (broad SMARTS) is 1. The van der Waals surface area contributed by atoms with E-state index in [2.05, 4.69) is 10.6 Å². The first kappa shape index (κ1) is 35.9. The van der Waals surface area contributed by atoms with Gasteiger partial charge in [-0.3, -0.25) is 9.69 Å². The van der Waals surface area contributed by atoms with Gasteiger partial charge in [-0.2, -0.15) is 0 Å². The molecule has 0 spiro atoms. The molecule has 10 nitrogen and oxygen atoms in total. The summed E-state index contributed by atoms with van der Waals surface area (Å²) in [5, 5.41) is 10.4. The molecule has 2 amide bonds. The summed E-state index contributed by atoms with van der Waals surface area (Å²) in [6.07, 6.45) is 2.15. The van der Waals surface area contributed by atoms with Crippen LogP contribution in [0.1, 0.15) is 91.5 Å². The van der Waals surface area contributed by atoms with Crippen molar-refractivity contribution in [2.75, 3.05) is 26.8 Å². The number of hydrogen-bond acceptors (Lipinski definition) is 6. The molecule has 0 radical (unpaired) electrons. The van der Waals surface area contributed by atoms with Crippen LogP contribution in [0, 0.1) is 0 Å². The van der Waals surface area contributed by atoms with Crippen molar-refractivity contribution in [2.24, 2.45) is 0 Å². The molecule has 2 saturated heterocycles. The van der Waals surface area contributed by atoms with Gasteiger partial charge < -0.3 is 28.6 Å². The minimum Gasteiger partial charge on any atom is -0.465 e. The first-order valence-electron chi connectivity index (χ1n) is 17.3. The summed E-state index contributed by atoms with van der Waals surface area (Å²) >= 11 is 0. The van der Waals surface area contributed by atoms with Crippen LogP contribution in [-0.2, 0) is 31.8 Å². The van der Waals surface area contributed by atoms with E-state index in [1.165, 1.54) is 4.90 Å². The SMILES string of the molecule is COCCCn1c(C2CCCN(C(=O)CC(Cc3ccc(B4OC(C)(C)C(C)(C)O4)cc3)N(C(=O)O)C(C)(C)C)C2)nc2ccccc21. The molecule has 3 aromatic rings. The number of imidazole rings is 1. The second-order valence-electron chi connectivity index (χ2n) is 15.4. The minimum atomic E-state index is -1.03. The van der Waals surface area contributed by atoms with Gasteiger partial charge in [-0.25, -0.2) is 9.78 Å². The van der Waals surface area contributed by atoms with Crippen LogP contribution in [0.4, 0.5) is 4.79 Å². The molecule has 2 aromatic carbocycles. The Bertz CT molecular complexity index is 1560. The molecule has 0 bridgehead atoms. The van der Waals surface area contributed by atoms with Gasteiger partial charge in [0.1, 0.15) is 5.82 Å². The highest BCUT2D eigenvalue weighted by Crippen LogP contribution is 2.36. The molecule has 1 N–H and O–H groups in total. The van der Waals surface area contributed by atoms with Crippen LogP contribution >= 0.6 is 0 Å². The van der Waals surface area contributed by atoms with Gasteiger partial charge in [0.05, 0.1) is 22.2 Å². The highest BCUT2D eigenvalue weighted by molar-refractivity contribution is 6.62. The van der Waals surface area contributed by atoms with Crippen molar-refractivity contribution in [3.8, 4) is 0 Å². The topological polar surface area (TPSA) is 106 Å². The van der Waals surface area contributed by atoms with E-state index in [0.29, 0.717) is 26.1 Å². The molecule has 2 atom stereocenters. The highest BCUT2D eigenvalue weighted by atomic mass is 16.7. The number of ether oxygens (including phenoxy) is 1. The fourth-order valence-electron chi connectivity index (χ4n) is 7.06. The Balaban J connectivity index is 1.34. The number of likely N-dealkylation sites (tertiary alicyclic amines) is 1. The van der Waals surface area contributed by atoms with Crippen LogP contribution in [0.5, 0.6) is 0 Å². The zero-order valence-corrected chi connectivity index (χ0v) is 30.0. The van der Waals surface area contributed by atoms with E-state index in [0.717, 1.165) is 53.7 Å². The Morgan fingerprint density at radius 1 is 1.08 bits per heavy atom. The van der Waals surface area contributed by atoms with Gasteiger partial charge in [0, 0.05) is 57.3 Å². The lowest BCUT2D eigenvalue weighted by Gasteiger charge is -2.41. The standard InChI is InChI=1S/C37H53BN4O6/c1-35(2,3)42(34(44)45)29(23-26-16-18-28(19-17-26)38-47-36(4,5)37(6,7)48-38)24-32(43)40-20-11-13-27(25-40)33-39-30-14-9-10-15-31(30)41(33)21-12-22-46-8/h9-10,14-19,27,29H,11-13,20-25H2,1-8H3,(H,44,45). The number of fused-ring (bicyclic) bond motifs is 1. The zero-order valence-electron chi connectivity index (χ0n) is 30.0. The minimum absolute atomic E-state index is 0.0314. The molecule has 2 fully saturated rings. The summed E-state index contributed by atoms with van der Waals surface area (Å²) in [7, 11) is 1.23. The van der Waals surface area contributed by atoms with Crippen molar-refractivity contribution in [3.05, 3.63) is 59.9 Å². The molecule has 3 heterocycles. The number of methoxy groups -OCH3 is 1. The fourth-order valence-corrected chi connectivity index (χ4v) is 7.06. The number of nitrogens with zero attached hydrogens (tertiary/aromatic N) is 4. The second-order valence-corrected chi connectivity index (χ2v) is 15.4. The maximum atomic E-state index is 14.1. The summed E-state index contributed by atoms with van der Waals surface area (Å²) in [6, 6.07) is 15.6. The van der Waals surface area contributed by atoms with Crippen LogP contribution in [0.3, 0.4) is 0 Å².